The molecule has 0 aromatic rings. The van der Waals surface area contributed by atoms with Crippen molar-refractivity contribution in [2.45, 2.75) is 354 Å². The zero-order valence-corrected chi connectivity index (χ0v) is 63.7. The largest absolute Gasteiger partial charge is 0.472 e. The number of carbonyl (C=O) groups is 4. The monoisotopic (exact) mass is 1420 g/mol. The maximum absolute atomic E-state index is 13.1. The van der Waals surface area contributed by atoms with E-state index in [0.717, 1.165) is 161 Å². The standard InChI is InChI=1S/C79H140O17P2/c1-5-9-13-17-21-25-29-33-36-40-43-47-51-55-59-63-76(81)89-69-74(95-78(83)65-61-57-53-49-45-39-32-28-24-20-16-12-8-4)71-93-97(85,86)91-67-73(80)68-92-98(87,88)94-72-75(96-79(84)66-62-58-54-50-46-42-38-35-31-27-23-19-15-11-7-3)70-90-77(82)64-60-56-52-48-44-41-37-34-30-26-22-18-14-10-6-2/h21,25-28,30-38,73-75,80H,5-20,22-24,29,39-72H2,1-4H3,(H,85,86)(H,87,88)/b25-21-,30-26-,31-27-,32-28-,36-33-,37-34-,38-35-/t73-,74+,75+/m0/s1. The summed E-state index contributed by atoms with van der Waals surface area (Å²) < 4.78 is 68.5. The Morgan fingerprint density at radius 3 is 0.847 bits per heavy atom. The number of phosphoric ester groups is 2. The van der Waals surface area contributed by atoms with Gasteiger partial charge < -0.3 is 33.8 Å². The van der Waals surface area contributed by atoms with Crippen LogP contribution in [0.15, 0.2) is 85.1 Å². The van der Waals surface area contributed by atoms with Gasteiger partial charge in [0.05, 0.1) is 26.4 Å². The van der Waals surface area contributed by atoms with Crippen LogP contribution in [0.5, 0.6) is 0 Å². The number of unbranched alkanes of at least 4 members (excludes halogenated alkanes) is 35. The van der Waals surface area contributed by atoms with Crippen LogP contribution < -0.4 is 0 Å². The summed E-state index contributed by atoms with van der Waals surface area (Å²) in [6.45, 7) is 4.76. The summed E-state index contributed by atoms with van der Waals surface area (Å²) in [6.07, 6.45) is 72.7. The number of hydrogen-bond donors (Lipinski definition) is 3. The minimum atomic E-state index is -4.98. The Balaban J connectivity index is 5.38. The van der Waals surface area contributed by atoms with E-state index in [1.165, 1.54) is 96.3 Å². The fraction of sp³-hybridized carbons (Fsp3) is 0.772. The summed E-state index contributed by atoms with van der Waals surface area (Å²) in [7, 11) is -9.96. The molecule has 2 unspecified atom stereocenters. The van der Waals surface area contributed by atoms with Crippen molar-refractivity contribution >= 4 is 39.5 Å². The van der Waals surface area contributed by atoms with Crippen LogP contribution in [0.3, 0.4) is 0 Å². The highest BCUT2D eigenvalue weighted by atomic mass is 31.2. The zero-order valence-electron chi connectivity index (χ0n) is 62.0. The fourth-order valence-electron chi connectivity index (χ4n) is 10.3. The lowest BCUT2D eigenvalue weighted by molar-refractivity contribution is -0.161. The van der Waals surface area contributed by atoms with Gasteiger partial charge in [0.2, 0.25) is 0 Å². The van der Waals surface area contributed by atoms with Gasteiger partial charge in [-0.25, -0.2) is 9.13 Å². The second kappa shape index (κ2) is 71.6. The minimum absolute atomic E-state index is 0.0749. The maximum atomic E-state index is 13.1. The van der Waals surface area contributed by atoms with Crippen molar-refractivity contribution in [2.75, 3.05) is 39.6 Å². The molecule has 0 rings (SSSR count). The lowest BCUT2D eigenvalue weighted by Gasteiger charge is -2.21. The highest BCUT2D eigenvalue weighted by Crippen LogP contribution is 2.45. The molecule has 0 spiro atoms. The van der Waals surface area contributed by atoms with Crippen LogP contribution in [-0.4, -0.2) is 96.7 Å². The number of phosphoric acid groups is 2. The molecule has 568 valence electrons. The summed E-state index contributed by atoms with van der Waals surface area (Å²) in [5.41, 5.74) is 0. The maximum Gasteiger partial charge on any atom is 0.472 e. The van der Waals surface area contributed by atoms with E-state index in [0.29, 0.717) is 25.7 Å². The van der Waals surface area contributed by atoms with E-state index >= 15 is 0 Å². The average molecular weight is 1420 g/mol. The van der Waals surface area contributed by atoms with Crippen LogP contribution >= 0.6 is 15.6 Å². The first-order valence-electron chi connectivity index (χ1n) is 38.9. The molecule has 0 radical (unpaired) electrons. The van der Waals surface area contributed by atoms with Crippen molar-refractivity contribution in [3.8, 4) is 0 Å². The van der Waals surface area contributed by atoms with Crippen molar-refractivity contribution in [2.24, 2.45) is 0 Å². The third-order valence-electron chi connectivity index (χ3n) is 16.4. The van der Waals surface area contributed by atoms with Crippen LogP contribution in [0.4, 0.5) is 0 Å². The number of ether oxygens (including phenoxy) is 4. The third-order valence-corrected chi connectivity index (χ3v) is 18.3. The molecule has 0 aliphatic rings. The van der Waals surface area contributed by atoms with Gasteiger partial charge >= 0.3 is 39.5 Å². The van der Waals surface area contributed by atoms with Crippen LogP contribution in [-0.2, 0) is 65.4 Å². The summed E-state index contributed by atoms with van der Waals surface area (Å²) in [4.78, 5) is 72.9. The SMILES string of the molecule is CCCCC/C=C\C/C=C\CCCCCCCC(=O)OC[C@H](COP(=O)(O)OC[C@H](O)COP(=O)(O)OC[C@@H](COC(=O)CCCCCCC/C=C\C=C/CCCCCC)OC(=O)CCCCCCC/C=C\C=C/CCCCCC)OC(=O)CCCCCCC/C=C\CCCCCC. The lowest BCUT2D eigenvalue weighted by atomic mass is 10.1. The molecule has 0 fully saturated rings. The summed E-state index contributed by atoms with van der Waals surface area (Å²) in [5, 5.41) is 10.6. The highest BCUT2D eigenvalue weighted by molar-refractivity contribution is 7.47. The molecule has 19 heteroatoms. The highest BCUT2D eigenvalue weighted by Gasteiger charge is 2.30. The van der Waals surface area contributed by atoms with Crippen molar-refractivity contribution < 1.29 is 80.2 Å². The first kappa shape index (κ1) is 94.2. The molecule has 17 nitrogen and oxygen atoms in total. The average Bonchev–Trinajstić information content (AvgIpc) is 0.959. The van der Waals surface area contributed by atoms with Crippen molar-refractivity contribution in [1.29, 1.82) is 0 Å². The van der Waals surface area contributed by atoms with Gasteiger partial charge in [-0.05, 0) is 135 Å². The Kier molecular flexibility index (Phi) is 68.9. The normalized spacial score (nSPS) is 14.4. The lowest BCUT2D eigenvalue weighted by Crippen LogP contribution is -2.30. The fourth-order valence-corrected chi connectivity index (χ4v) is 11.9. The van der Waals surface area contributed by atoms with E-state index in [1.807, 2.05) is 0 Å². The molecular formula is C79H140O17P2. The number of esters is 4. The van der Waals surface area contributed by atoms with Crippen molar-refractivity contribution in [3.05, 3.63) is 85.1 Å². The predicted molar refractivity (Wildman–Crippen MR) is 399 cm³/mol. The first-order valence-corrected chi connectivity index (χ1v) is 41.9. The molecular weight excluding hydrogens is 1280 g/mol. The van der Waals surface area contributed by atoms with E-state index in [9.17, 15) is 43.2 Å². The van der Waals surface area contributed by atoms with Crippen molar-refractivity contribution in [1.82, 2.24) is 0 Å². The van der Waals surface area contributed by atoms with Crippen molar-refractivity contribution in [3.63, 3.8) is 0 Å². The van der Waals surface area contributed by atoms with E-state index in [-0.39, 0.29) is 25.7 Å². The minimum Gasteiger partial charge on any atom is -0.462 e. The van der Waals surface area contributed by atoms with E-state index in [1.54, 1.807) is 0 Å². The number of allylic oxidation sites excluding steroid dienone is 14. The Bertz CT molecular complexity index is 2190. The summed E-state index contributed by atoms with van der Waals surface area (Å²) in [6, 6.07) is 0. The molecule has 0 aliphatic heterocycles. The van der Waals surface area contributed by atoms with Crippen LogP contribution in [0.25, 0.3) is 0 Å². The summed E-state index contributed by atoms with van der Waals surface area (Å²) >= 11 is 0. The van der Waals surface area contributed by atoms with Gasteiger partial charge in [0, 0.05) is 25.7 Å². The van der Waals surface area contributed by atoms with Gasteiger partial charge in [-0.15, -0.1) is 0 Å². The molecule has 0 aromatic carbocycles. The van der Waals surface area contributed by atoms with Crippen LogP contribution in [0.1, 0.15) is 336 Å². The molecule has 0 saturated carbocycles. The Labute approximate surface area is 595 Å². The molecule has 0 aromatic heterocycles. The van der Waals surface area contributed by atoms with Gasteiger partial charge in [0.15, 0.2) is 12.2 Å². The number of aliphatic hydroxyl groups is 1. The molecule has 0 aliphatic carbocycles. The predicted octanol–water partition coefficient (Wildman–Crippen LogP) is 22.2. The number of aliphatic hydroxyl groups excluding tert-OH is 1. The number of hydrogen-bond acceptors (Lipinski definition) is 15. The number of rotatable bonds is 73. The summed E-state index contributed by atoms with van der Waals surface area (Å²) in [5.74, 6) is -2.22. The van der Waals surface area contributed by atoms with Crippen LogP contribution in [0, 0.1) is 0 Å². The van der Waals surface area contributed by atoms with E-state index in [4.69, 9.17) is 37.0 Å². The Morgan fingerprint density at radius 2 is 0.531 bits per heavy atom. The van der Waals surface area contributed by atoms with Gasteiger partial charge in [-0.1, -0.05) is 260 Å². The quantitative estimate of drug-likeness (QED) is 0.0128. The van der Waals surface area contributed by atoms with Gasteiger partial charge in [-0.2, -0.15) is 0 Å². The molecule has 0 saturated heterocycles. The first-order chi connectivity index (χ1) is 47.7. The number of carbonyl (C=O) groups excluding carboxylic acids is 4. The van der Waals surface area contributed by atoms with E-state index in [2.05, 4.69) is 113 Å². The second-order valence-corrected chi connectivity index (χ2v) is 28.9. The topological polar surface area (TPSA) is 237 Å². The molecule has 5 atom stereocenters. The van der Waals surface area contributed by atoms with Gasteiger partial charge in [0.25, 0.3) is 0 Å². The molecule has 98 heavy (non-hydrogen) atoms. The van der Waals surface area contributed by atoms with Crippen LogP contribution in [0.2, 0.25) is 0 Å². The van der Waals surface area contributed by atoms with Gasteiger partial charge in [-0.3, -0.25) is 37.3 Å². The Hall–Kier alpha value is -3.76. The molecule has 0 amide bonds. The zero-order chi connectivity index (χ0) is 71.8. The molecule has 0 bridgehead atoms. The van der Waals surface area contributed by atoms with E-state index < -0.39 is 97.5 Å². The molecule has 3 N–H and O–H groups in total. The van der Waals surface area contributed by atoms with Gasteiger partial charge in [0.1, 0.15) is 19.3 Å². The Morgan fingerprint density at radius 1 is 0.296 bits per heavy atom. The smallest absolute Gasteiger partial charge is 0.462 e. The third kappa shape index (κ3) is 70.7. The molecule has 0 heterocycles. The second-order valence-electron chi connectivity index (χ2n) is 26.0.